The van der Waals surface area contributed by atoms with Crippen molar-refractivity contribution in [2.75, 3.05) is 35.3 Å². The molecule has 1 unspecified atom stereocenters. The summed E-state index contributed by atoms with van der Waals surface area (Å²) in [5.74, 6) is -0.632. The summed E-state index contributed by atoms with van der Waals surface area (Å²) >= 11 is 0. The molecular formula is C30H34N6O3. The Morgan fingerprint density at radius 3 is 2.46 bits per heavy atom. The van der Waals surface area contributed by atoms with E-state index in [1.54, 1.807) is 36.5 Å². The number of aliphatic imine (C=N–C) groups is 1. The highest BCUT2D eigenvalue weighted by molar-refractivity contribution is 6.20. The van der Waals surface area contributed by atoms with Crippen LogP contribution in [0.25, 0.3) is 0 Å². The molecule has 0 saturated carbocycles. The van der Waals surface area contributed by atoms with E-state index in [9.17, 15) is 14.4 Å². The van der Waals surface area contributed by atoms with Gasteiger partial charge < -0.3 is 20.4 Å². The van der Waals surface area contributed by atoms with Gasteiger partial charge in [0.05, 0.1) is 23.6 Å². The lowest BCUT2D eigenvalue weighted by Crippen LogP contribution is -2.50. The molecule has 0 radical (unpaired) electrons. The normalized spacial score (nSPS) is 15.1. The summed E-state index contributed by atoms with van der Waals surface area (Å²) in [7, 11) is 1.96. The number of rotatable bonds is 7. The van der Waals surface area contributed by atoms with E-state index in [-0.39, 0.29) is 12.3 Å². The van der Waals surface area contributed by atoms with E-state index < -0.39 is 23.5 Å². The third-order valence-corrected chi connectivity index (χ3v) is 6.54. The molecule has 0 saturated heterocycles. The number of carbonyl (C=O) groups excluding carboxylic acids is 3. The fourth-order valence-electron chi connectivity index (χ4n) is 4.07. The van der Waals surface area contributed by atoms with E-state index in [2.05, 4.69) is 15.6 Å². The number of amides is 3. The van der Waals surface area contributed by atoms with E-state index in [0.29, 0.717) is 28.3 Å². The third-order valence-electron chi connectivity index (χ3n) is 6.54. The number of aromatic nitrogens is 1. The molecule has 0 spiro atoms. The molecule has 2 heterocycles. The molecule has 0 fully saturated rings. The van der Waals surface area contributed by atoms with Crippen LogP contribution in [-0.4, -0.2) is 54.7 Å². The number of carbonyl (C=O) groups is 3. The summed E-state index contributed by atoms with van der Waals surface area (Å²) in [6.45, 7) is 8.12. The number of pyridine rings is 1. The van der Waals surface area contributed by atoms with Crippen LogP contribution >= 0.6 is 0 Å². The number of benzodiazepines with no additional fused rings is 1. The second-order valence-electron chi connectivity index (χ2n) is 10.4. The van der Waals surface area contributed by atoms with E-state index in [1.165, 1.54) is 4.90 Å². The first-order valence-electron chi connectivity index (χ1n) is 12.9. The number of benzene rings is 2. The van der Waals surface area contributed by atoms with Gasteiger partial charge in [-0.1, -0.05) is 51.1 Å². The number of Topliss-reactive ketones (excluding diaryl/α,β-unsaturated/α-hetero) is 1. The van der Waals surface area contributed by atoms with Gasteiger partial charge in [-0.05, 0) is 43.3 Å². The molecule has 1 atom stereocenters. The van der Waals surface area contributed by atoms with Gasteiger partial charge in [0.25, 0.3) is 5.91 Å². The number of hydrogen-bond acceptors (Lipinski definition) is 6. The maximum absolute atomic E-state index is 13.9. The molecule has 202 valence electrons. The van der Waals surface area contributed by atoms with Crippen LogP contribution in [0.5, 0.6) is 0 Å². The van der Waals surface area contributed by atoms with Gasteiger partial charge in [0, 0.05) is 42.1 Å². The molecule has 3 amide bonds. The highest BCUT2D eigenvalue weighted by Crippen LogP contribution is 2.29. The average molecular weight is 527 g/mol. The number of nitrogens with zero attached hydrogens (tertiary/aromatic N) is 4. The van der Waals surface area contributed by atoms with Gasteiger partial charge in [0.15, 0.2) is 5.78 Å². The second kappa shape index (κ2) is 11.5. The quantitative estimate of drug-likeness (QED) is 0.472. The van der Waals surface area contributed by atoms with E-state index in [4.69, 9.17) is 4.99 Å². The smallest absolute Gasteiger partial charge is 0.321 e. The molecule has 9 nitrogen and oxygen atoms in total. The lowest BCUT2D eigenvalue weighted by atomic mass is 9.90. The summed E-state index contributed by atoms with van der Waals surface area (Å²) in [4.78, 5) is 52.7. The summed E-state index contributed by atoms with van der Waals surface area (Å²) in [5.41, 5.74) is 3.02. The maximum atomic E-state index is 13.9. The van der Waals surface area contributed by atoms with Crippen molar-refractivity contribution in [3.8, 4) is 0 Å². The summed E-state index contributed by atoms with van der Waals surface area (Å²) in [6, 6.07) is 19.5. The minimum absolute atomic E-state index is 0.119. The second-order valence-corrected chi connectivity index (χ2v) is 10.4. The summed E-state index contributed by atoms with van der Waals surface area (Å²) in [6.07, 6.45) is 0.354. The van der Waals surface area contributed by atoms with Crippen molar-refractivity contribution in [1.82, 2.24) is 10.3 Å². The number of ketones is 1. The molecule has 4 rings (SSSR count). The van der Waals surface area contributed by atoms with Crippen LogP contribution in [0.2, 0.25) is 0 Å². The number of urea groups is 1. The van der Waals surface area contributed by atoms with Crippen molar-refractivity contribution in [3.05, 3.63) is 84.2 Å². The van der Waals surface area contributed by atoms with Crippen LogP contribution in [0.1, 0.15) is 39.0 Å². The van der Waals surface area contributed by atoms with Crippen LogP contribution in [-0.2, 0) is 9.59 Å². The van der Waals surface area contributed by atoms with Gasteiger partial charge in [-0.3, -0.25) is 14.6 Å². The monoisotopic (exact) mass is 526 g/mol. The maximum Gasteiger partial charge on any atom is 0.321 e. The van der Waals surface area contributed by atoms with Gasteiger partial charge in [-0.25, -0.2) is 9.79 Å². The predicted molar refractivity (Wildman–Crippen MR) is 154 cm³/mol. The fraction of sp³-hybridized carbons (Fsp3) is 0.300. The Morgan fingerprint density at radius 1 is 1.03 bits per heavy atom. The van der Waals surface area contributed by atoms with Gasteiger partial charge >= 0.3 is 6.03 Å². The van der Waals surface area contributed by atoms with E-state index in [0.717, 1.165) is 12.2 Å². The Bertz CT molecular complexity index is 1400. The Hall–Kier alpha value is -4.53. The standard InChI is InChI=1S/C30H34N6O3/c1-6-35(5)21-13-11-12-20(18-21)32-29(39)34-27-28(38)36(19-25(37)30(2,3)4)24-16-8-7-14-22(24)26(33-27)23-15-9-10-17-31-23/h7-18,27H,6,19H2,1-5H3,(H2,32,34,39). The van der Waals surface area contributed by atoms with Crippen LogP contribution < -0.4 is 20.4 Å². The van der Waals surface area contributed by atoms with Crippen molar-refractivity contribution in [2.45, 2.75) is 33.9 Å². The van der Waals surface area contributed by atoms with Crippen molar-refractivity contribution in [3.63, 3.8) is 0 Å². The number of anilines is 3. The van der Waals surface area contributed by atoms with Crippen LogP contribution in [0.4, 0.5) is 21.9 Å². The van der Waals surface area contributed by atoms with Gasteiger partial charge in [0.1, 0.15) is 0 Å². The first-order valence-corrected chi connectivity index (χ1v) is 12.9. The van der Waals surface area contributed by atoms with E-state index >= 15 is 0 Å². The number of fused-ring (bicyclic) bond motifs is 1. The fourth-order valence-corrected chi connectivity index (χ4v) is 4.07. The molecule has 9 heteroatoms. The Kier molecular flexibility index (Phi) is 8.09. The zero-order valence-corrected chi connectivity index (χ0v) is 22.9. The van der Waals surface area contributed by atoms with Crippen LogP contribution in [0.15, 0.2) is 77.9 Å². The number of hydrogen-bond donors (Lipinski definition) is 2. The summed E-state index contributed by atoms with van der Waals surface area (Å²) < 4.78 is 0. The molecule has 2 N–H and O–H groups in total. The zero-order chi connectivity index (χ0) is 28.2. The Labute approximate surface area is 229 Å². The SMILES string of the molecule is CCN(C)c1cccc(NC(=O)NC2N=C(c3ccccn3)c3ccccc3N(CC(=O)C(C)(C)C)C2=O)c1. The predicted octanol–water partition coefficient (Wildman–Crippen LogP) is 4.48. The van der Waals surface area contributed by atoms with Crippen molar-refractivity contribution >= 4 is 40.5 Å². The molecule has 39 heavy (non-hydrogen) atoms. The summed E-state index contributed by atoms with van der Waals surface area (Å²) in [5, 5.41) is 5.52. The molecule has 1 aromatic heterocycles. The lowest BCUT2D eigenvalue weighted by Gasteiger charge is -2.28. The molecule has 3 aromatic rings. The largest absolute Gasteiger partial charge is 0.375 e. The molecule has 0 bridgehead atoms. The minimum atomic E-state index is -1.29. The van der Waals surface area contributed by atoms with E-state index in [1.807, 2.05) is 76.0 Å². The molecule has 1 aliphatic heterocycles. The third kappa shape index (κ3) is 6.31. The average Bonchev–Trinajstić information content (AvgIpc) is 3.03. The highest BCUT2D eigenvalue weighted by atomic mass is 16.2. The molecule has 2 aromatic carbocycles. The van der Waals surface area contributed by atoms with Crippen LogP contribution in [0, 0.1) is 5.41 Å². The number of para-hydroxylation sites is 1. The Balaban J connectivity index is 1.71. The first kappa shape index (κ1) is 27.5. The van der Waals surface area contributed by atoms with Crippen molar-refractivity contribution in [2.24, 2.45) is 10.4 Å². The number of nitrogens with one attached hydrogen (secondary N) is 2. The van der Waals surface area contributed by atoms with Crippen LogP contribution in [0.3, 0.4) is 0 Å². The minimum Gasteiger partial charge on any atom is -0.375 e. The van der Waals surface area contributed by atoms with Gasteiger partial charge in [0.2, 0.25) is 6.17 Å². The topological polar surface area (TPSA) is 107 Å². The highest BCUT2D eigenvalue weighted by Gasteiger charge is 2.36. The first-order chi connectivity index (χ1) is 18.6. The molecule has 1 aliphatic rings. The lowest BCUT2D eigenvalue weighted by molar-refractivity contribution is -0.127. The zero-order valence-electron chi connectivity index (χ0n) is 22.9. The Morgan fingerprint density at radius 2 is 1.77 bits per heavy atom. The van der Waals surface area contributed by atoms with Gasteiger partial charge in [-0.2, -0.15) is 0 Å². The van der Waals surface area contributed by atoms with Crippen molar-refractivity contribution in [1.29, 1.82) is 0 Å². The molecular weight excluding hydrogens is 492 g/mol. The van der Waals surface area contributed by atoms with Crippen molar-refractivity contribution < 1.29 is 14.4 Å². The molecule has 0 aliphatic carbocycles. The van der Waals surface area contributed by atoms with Gasteiger partial charge in [-0.15, -0.1) is 0 Å².